The zero-order chi connectivity index (χ0) is 13.8. The summed E-state index contributed by atoms with van der Waals surface area (Å²) in [6, 6.07) is 0.0829. The first-order chi connectivity index (χ1) is 8.26. The number of nitrogens with one attached hydrogen (secondary N) is 1. The lowest BCUT2D eigenvalue weighted by Crippen LogP contribution is -2.19. The van der Waals surface area contributed by atoms with E-state index >= 15 is 0 Å². The van der Waals surface area contributed by atoms with E-state index in [0.717, 1.165) is 17.4 Å². The Morgan fingerprint density at radius 1 is 1.33 bits per heavy atom. The highest BCUT2D eigenvalue weighted by atomic mass is 32.2. The van der Waals surface area contributed by atoms with Crippen LogP contribution in [0.15, 0.2) is 0 Å². The zero-order valence-corrected chi connectivity index (χ0v) is 12.9. The minimum atomic E-state index is -2.89. The fourth-order valence-corrected chi connectivity index (χ4v) is 2.92. The van der Waals surface area contributed by atoms with Crippen molar-refractivity contribution in [2.75, 3.05) is 17.3 Å². The lowest BCUT2D eigenvalue weighted by atomic mass is 10.1. The Kier molecular flexibility index (Phi) is 5.52. The third kappa shape index (κ3) is 6.30. The zero-order valence-electron chi connectivity index (χ0n) is 11.3. The third-order valence-corrected chi connectivity index (χ3v) is 4.01. The number of hydrogen-bond donors (Lipinski definition) is 1. The van der Waals surface area contributed by atoms with Gasteiger partial charge in [0.05, 0.1) is 5.75 Å². The average molecular weight is 291 g/mol. The fourth-order valence-electron chi connectivity index (χ4n) is 1.43. The standard InChI is InChI=1S/C11H21N3O2S2/c1-8(2)7-10-13-11(17-14-10)12-9(3)5-6-18(4,15)16/h8-9H,5-7H2,1-4H3,(H,12,13,14). The summed E-state index contributed by atoms with van der Waals surface area (Å²) in [5.74, 6) is 1.58. The minimum absolute atomic E-state index is 0.0829. The Labute approximate surface area is 113 Å². The molecule has 0 radical (unpaired) electrons. The molecule has 18 heavy (non-hydrogen) atoms. The molecule has 1 heterocycles. The number of anilines is 1. The summed E-state index contributed by atoms with van der Waals surface area (Å²) in [6.45, 7) is 6.21. The van der Waals surface area contributed by atoms with E-state index in [9.17, 15) is 8.42 Å². The molecule has 0 aromatic carbocycles. The van der Waals surface area contributed by atoms with Crippen molar-refractivity contribution in [2.24, 2.45) is 5.92 Å². The highest BCUT2D eigenvalue weighted by Crippen LogP contribution is 2.15. The van der Waals surface area contributed by atoms with Crippen LogP contribution in [-0.4, -0.2) is 35.8 Å². The molecule has 5 nitrogen and oxygen atoms in total. The summed E-state index contributed by atoms with van der Waals surface area (Å²) in [4.78, 5) is 4.38. The lowest BCUT2D eigenvalue weighted by Gasteiger charge is -2.11. The number of hydrogen-bond acceptors (Lipinski definition) is 6. The molecular formula is C11H21N3O2S2. The van der Waals surface area contributed by atoms with Gasteiger partial charge in [0.2, 0.25) is 5.13 Å². The van der Waals surface area contributed by atoms with Crippen molar-refractivity contribution in [3.63, 3.8) is 0 Å². The van der Waals surface area contributed by atoms with E-state index < -0.39 is 9.84 Å². The number of rotatable bonds is 7. The Hall–Kier alpha value is -0.690. The second-order valence-corrected chi connectivity index (χ2v) is 8.09. The van der Waals surface area contributed by atoms with Gasteiger partial charge in [-0.1, -0.05) is 13.8 Å². The average Bonchev–Trinajstić information content (AvgIpc) is 2.60. The Morgan fingerprint density at radius 2 is 2.00 bits per heavy atom. The molecule has 0 saturated carbocycles. The molecule has 0 amide bonds. The number of aromatic nitrogens is 2. The normalized spacial score (nSPS) is 13.8. The van der Waals surface area contributed by atoms with E-state index in [1.54, 1.807) is 0 Å². The van der Waals surface area contributed by atoms with Gasteiger partial charge in [-0.2, -0.15) is 4.37 Å². The topological polar surface area (TPSA) is 72.0 Å². The Morgan fingerprint density at radius 3 is 2.56 bits per heavy atom. The van der Waals surface area contributed by atoms with E-state index in [2.05, 4.69) is 28.5 Å². The largest absolute Gasteiger partial charge is 0.358 e. The lowest BCUT2D eigenvalue weighted by molar-refractivity contribution is 0.595. The van der Waals surface area contributed by atoms with Crippen LogP contribution in [0.5, 0.6) is 0 Å². The summed E-state index contributed by atoms with van der Waals surface area (Å²) < 4.78 is 26.4. The molecule has 1 rings (SSSR count). The summed E-state index contributed by atoms with van der Waals surface area (Å²) >= 11 is 1.33. The molecule has 1 unspecified atom stereocenters. The van der Waals surface area contributed by atoms with Crippen LogP contribution in [0.25, 0.3) is 0 Å². The molecule has 7 heteroatoms. The van der Waals surface area contributed by atoms with Gasteiger partial charge in [-0.25, -0.2) is 13.4 Å². The SMILES string of the molecule is CC(C)Cc1nsc(NC(C)CCS(C)(=O)=O)n1. The van der Waals surface area contributed by atoms with Crippen molar-refractivity contribution in [2.45, 2.75) is 39.7 Å². The van der Waals surface area contributed by atoms with Crippen LogP contribution in [0.2, 0.25) is 0 Å². The van der Waals surface area contributed by atoms with Crippen LogP contribution < -0.4 is 5.32 Å². The molecule has 104 valence electrons. The quantitative estimate of drug-likeness (QED) is 0.831. The van der Waals surface area contributed by atoms with Gasteiger partial charge in [0.25, 0.3) is 0 Å². The summed E-state index contributed by atoms with van der Waals surface area (Å²) in [5, 5.41) is 3.96. The Bertz CT molecular complexity index is 468. The second-order valence-electron chi connectivity index (χ2n) is 5.08. The maximum absolute atomic E-state index is 11.1. The van der Waals surface area contributed by atoms with E-state index in [1.807, 2.05) is 6.92 Å². The highest BCUT2D eigenvalue weighted by molar-refractivity contribution is 7.90. The van der Waals surface area contributed by atoms with Crippen LogP contribution in [-0.2, 0) is 16.3 Å². The summed E-state index contributed by atoms with van der Waals surface area (Å²) in [7, 11) is -2.89. The van der Waals surface area contributed by atoms with Crippen molar-refractivity contribution in [1.29, 1.82) is 0 Å². The predicted octanol–water partition coefficient (Wildman–Crippen LogP) is 1.97. The maximum atomic E-state index is 11.1. The van der Waals surface area contributed by atoms with Crippen LogP contribution >= 0.6 is 11.5 Å². The summed E-state index contributed by atoms with van der Waals surface area (Å²) in [6.07, 6.45) is 2.71. The molecule has 0 fully saturated rings. The van der Waals surface area contributed by atoms with Gasteiger partial charge in [0.1, 0.15) is 15.7 Å². The molecule has 0 spiro atoms. The molecule has 1 N–H and O–H groups in total. The molecule has 0 aliphatic rings. The molecule has 0 bridgehead atoms. The smallest absolute Gasteiger partial charge is 0.202 e. The maximum Gasteiger partial charge on any atom is 0.202 e. The highest BCUT2D eigenvalue weighted by Gasteiger charge is 2.11. The van der Waals surface area contributed by atoms with Gasteiger partial charge in [-0.05, 0) is 19.3 Å². The monoisotopic (exact) mass is 291 g/mol. The Balaban J connectivity index is 2.44. The van der Waals surface area contributed by atoms with Crippen molar-refractivity contribution >= 4 is 26.5 Å². The van der Waals surface area contributed by atoms with Gasteiger partial charge < -0.3 is 5.32 Å². The molecule has 1 aromatic heterocycles. The van der Waals surface area contributed by atoms with Crippen LogP contribution in [0, 0.1) is 5.92 Å². The molecule has 1 atom stereocenters. The van der Waals surface area contributed by atoms with Gasteiger partial charge in [0.15, 0.2) is 0 Å². The first kappa shape index (κ1) is 15.4. The van der Waals surface area contributed by atoms with Gasteiger partial charge in [0, 0.05) is 30.3 Å². The van der Waals surface area contributed by atoms with Gasteiger partial charge >= 0.3 is 0 Å². The molecular weight excluding hydrogens is 270 g/mol. The molecule has 0 saturated heterocycles. The van der Waals surface area contributed by atoms with Crippen molar-refractivity contribution in [3.8, 4) is 0 Å². The van der Waals surface area contributed by atoms with Crippen molar-refractivity contribution < 1.29 is 8.42 Å². The third-order valence-electron chi connectivity index (χ3n) is 2.35. The molecule has 0 aliphatic heterocycles. The molecule has 1 aromatic rings. The minimum Gasteiger partial charge on any atom is -0.358 e. The first-order valence-corrected chi connectivity index (χ1v) is 8.86. The van der Waals surface area contributed by atoms with Gasteiger partial charge in [-0.15, -0.1) is 0 Å². The van der Waals surface area contributed by atoms with E-state index in [1.165, 1.54) is 17.8 Å². The number of sulfone groups is 1. The van der Waals surface area contributed by atoms with Gasteiger partial charge in [-0.3, -0.25) is 0 Å². The van der Waals surface area contributed by atoms with E-state index in [-0.39, 0.29) is 11.8 Å². The van der Waals surface area contributed by atoms with E-state index in [0.29, 0.717) is 12.3 Å². The van der Waals surface area contributed by atoms with Crippen molar-refractivity contribution in [1.82, 2.24) is 9.36 Å². The van der Waals surface area contributed by atoms with E-state index in [4.69, 9.17) is 0 Å². The first-order valence-electron chi connectivity index (χ1n) is 6.03. The van der Waals surface area contributed by atoms with Crippen LogP contribution in [0.3, 0.4) is 0 Å². The van der Waals surface area contributed by atoms with Crippen molar-refractivity contribution in [3.05, 3.63) is 5.82 Å². The summed E-state index contributed by atoms with van der Waals surface area (Å²) in [5.41, 5.74) is 0. The molecule has 0 aliphatic carbocycles. The fraction of sp³-hybridized carbons (Fsp3) is 0.818. The van der Waals surface area contributed by atoms with Crippen LogP contribution in [0.1, 0.15) is 33.0 Å². The number of nitrogens with zero attached hydrogens (tertiary/aromatic N) is 2. The van der Waals surface area contributed by atoms with Crippen LogP contribution in [0.4, 0.5) is 5.13 Å². The second kappa shape index (κ2) is 6.47. The predicted molar refractivity (Wildman–Crippen MR) is 75.9 cm³/mol.